The maximum atomic E-state index is 12.1. The Bertz CT molecular complexity index is 583. The molecule has 2 fully saturated rings. The van der Waals surface area contributed by atoms with E-state index in [1.54, 1.807) is 11.9 Å². The Kier molecular flexibility index (Phi) is 4.47. The van der Waals surface area contributed by atoms with Gasteiger partial charge in [-0.2, -0.15) is 0 Å². The molecule has 0 N–H and O–H groups in total. The lowest BCUT2D eigenvalue weighted by molar-refractivity contribution is -0.497. The molecule has 0 aromatic heterocycles. The van der Waals surface area contributed by atoms with Gasteiger partial charge in [0, 0.05) is 43.7 Å². The average Bonchev–Trinajstić information content (AvgIpc) is 3.36. The molecule has 0 bridgehead atoms. The molecule has 7 nitrogen and oxygen atoms in total. The zero-order valence-electron chi connectivity index (χ0n) is 13.2. The van der Waals surface area contributed by atoms with Crippen LogP contribution in [0, 0.1) is 16.0 Å². The van der Waals surface area contributed by atoms with E-state index in [1.807, 2.05) is 12.1 Å². The van der Waals surface area contributed by atoms with Crippen LogP contribution >= 0.6 is 0 Å². The second-order valence-electron chi connectivity index (χ2n) is 6.16. The zero-order chi connectivity index (χ0) is 16.4. The summed E-state index contributed by atoms with van der Waals surface area (Å²) >= 11 is 0. The minimum Gasteiger partial charge on any atom is -0.378 e. The van der Waals surface area contributed by atoms with E-state index in [0.717, 1.165) is 37.6 Å². The molecule has 7 heteroatoms. The van der Waals surface area contributed by atoms with Gasteiger partial charge >= 0.3 is 0 Å². The van der Waals surface area contributed by atoms with Gasteiger partial charge in [-0.1, -0.05) is 12.1 Å². The molecule has 1 amide bonds. The van der Waals surface area contributed by atoms with Crippen LogP contribution < -0.4 is 4.90 Å². The van der Waals surface area contributed by atoms with Gasteiger partial charge in [0.15, 0.2) is 0 Å². The monoisotopic (exact) mass is 319 g/mol. The van der Waals surface area contributed by atoms with E-state index in [2.05, 4.69) is 17.0 Å². The number of carbonyl (C=O) groups excluding carboxylic acids is 1. The Morgan fingerprint density at radius 2 is 2.00 bits per heavy atom. The lowest BCUT2D eigenvalue weighted by Crippen LogP contribution is -2.36. The molecule has 1 heterocycles. The van der Waals surface area contributed by atoms with Gasteiger partial charge in [-0.15, -0.1) is 0 Å². The summed E-state index contributed by atoms with van der Waals surface area (Å²) in [4.78, 5) is 26.3. The van der Waals surface area contributed by atoms with Gasteiger partial charge in [0.1, 0.15) is 5.92 Å². The van der Waals surface area contributed by atoms with Crippen molar-refractivity contribution in [3.05, 3.63) is 39.9 Å². The number of hydrogen-bond acceptors (Lipinski definition) is 5. The predicted molar refractivity (Wildman–Crippen MR) is 84.8 cm³/mol. The molecule has 1 saturated heterocycles. The van der Waals surface area contributed by atoms with Crippen molar-refractivity contribution in [3.8, 4) is 0 Å². The fourth-order valence-electron chi connectivity index (χ4n) is 2.95. The van der Waals surface area contributed by atoms with Crippen LogP contribution in [-0.2, 0) is 16.1 Å². The molecule has 2 aliphatic rings. The van der Waals surface area contributed by atoms with Crippen LogP contribution in [0.15, 0.2) is 24.3 Å². The molecule has 1 aliphatic carbocycles. The number of nitrogens with zero attached hydrogens (tertiary/aromatic N) is 3. The summed E-state index contributed by atoms with van der Waals surface area (Å²) in [5.74, 6) is -0.577. The first-order chi connectivity index (χ1) is 11.1. The van der Waals surface area contributed by atoms with E-state index in [4.69, 9.17) is 4.74 Å². The van der Waals surface area contributed by atoms with Crippen molar-refractivity contribution in [2.75, 3.05) is 38.3 Å². The van der Waals surface area contributed by atoms with Crippen molar-refractivity contribution in [3.63, 3.8) is 0 Å². The van der Waals surface area contributed by atoms with Crippen molar-refractivity contribution in [1.29, 1.82) is 0 Å². The summed E-state index contributed by atoms with van der Waals surface area (Å²) in [5, 5.41) is 10.7. The Morgan fingerprint density at radius 1 is 1.35 bits per heavy atom. The zero-order valence-corrected chi connectivity index (χ0v) is 13.2. The molecule has 3 rings (SSSR count). The SMILES string of the molecule is CN(Cc1ccc(N2CCOCC2)cc1)C(=O)[C@H]1C[C@H]1[N+](=O)[O-]. The van der Waals surface area contributed by atoms with E-state index in [0.29, 0.717) is 13.0 Å². The highest BCUT2D eigenvalue weighted by Crippen LogP contribution is 2.34. The summed E-state index contributed by atoms with van der Waals surface area (Å²) < 4.78 is 5.34. The van der Waals surface area contributed by atoms with Crippen LogP contribution in [0.4, 0.5) is 5.69 Å². The molecule has 1 aromatic rings. The number of anilines is 1. The number of hydrogen-bond donors (Lipinski definition) is 0. The van der Waals surface area contributed by atoms with E-state index in [-0.39, 0.29) is 10.8 Å². The Labute approximate surface area is 135 Å². The summed E-state index contributed by atoms with van der Waals surface area (Å²) in [6, 6.07) is 7.43. The van der Waals surface area contributed by atoms with Gasteiger partial charge in [0.2, 0.25) is 11.9 Å². The maximum Gasteiger partial charge on any atom is 0.232 e. The van der Waals surface area contributed by atoms with Crippen molar-refractivity contribution in [1.82, 2.24) is 4.90 Å². The minimum absolute atomic E-state index is 0.135. The number of morpholine rings is 1. The smallest absolute Gasteiger partial charge is 0.232 e. The molecule has 1 aliphatic heterocycles. The first-order valence-electron chi connectivity index (χ1n) is 7.86. The van der Waals surface area contributed by atoms with Crippen LogP contribution in [-0.4, -0.2) is 55.1 Å². The average molecular weight is 319 g/mol. The van der Waals surface area contributed by atoms with E-state index in [1.165, 1.54) is 0 Å². The third-order valence-corrected chi connectivity index (χ3v) is 4.45. The summed E-state index contributed by atoms with van der Waals surface area (Å²) in [7, 11) is 1.70. The van der Waals surface area contributed by atoms with Crippen molar-refractivity contribution in [2.24, 2.45) is 5.92 Å². The number of rotatable bonds is 5. The second-order valence-corrected chi connectivity index (χ2v) is 6.16. The van der Waals surface area contributed by atoms with Crippen LogP contribution in [0.2, 0.25) is 0 Å². The highest BCUT2D eigenvalue weighted by molar-refractivity contribution is 5.81. The molecule has 23 heavy (non-hydrogen) atoms. The maximum absolute atomic E-state index is 12.1. The molecule has 0 spiro atoms. The van der Waals surface area contributed by atoms with Crippen LogP contribution in [0.1, 0.15) is 12.0 Å². The third-order valence-electron chi connectivity index (χ3n) is 4.45. The normalized spacial score (nSPS) is 23.4. The molecule has 124 valence electrons. The predicted octanol–water partition coefficient (Wildman–Crippen LogP) is 1.15. The Morgan fingerprint density at radius 3 is 2.57 bits per heavy atom. The second kappa shape index (κ2) is 6.54. The molecule has 1 saturated carbocycles. The number of amides is 1. The van der Waals surface area contributed by atoms with E-state index < -0.39 is 12.0 Å². The first kappa shape index (κ1) is 15.7. The molecule has 0 radical (unpaired) electrons. The van der Waals surface area contributed by atoms with Crippen molar-refractivity contribution in [2.45, 2.75) is 19.0 Å². The van der Waals surface area contributed by atoms with Gasteiger partial charge in [0.05, 0.1) is 13.2 Å². The lowest BCUT2D eigenvalue weighted by Gasteiger charge is -2.29. The molecule has 1 aromatic carbocycles. The van der Waals surface area contributed by atoms with Crippen LogP contribution in [0.3, 0.4) is 0 Å². The Hall–Kier alpha value is -2.15. The largest absolute Gasteiger partial charge is 0.378 e. The standard InChI is InChI=1S/C16H21N3O4/c1-17(16(20)14-10-15(14)19(21)22)11-12-2-4-13(5-3-12)18-6-8-23-9-7-18/h2-5,14-15H,6-11H2,1H3/t14-,15+/m0/s1. The quantitative estimate of drug-likeness (QED) is 0.601. The number of carbonyl (C=O) groups is 1. The number of nitro groups is 1. The molecule has 0 unspecified atom stereocenters. The fourth-order valence-corrected chi connectivity index (χ4v) is 2.95. The summed E-state index contributed by atoms with van der Waals surface area (Å²) in [6.07, 6.45) is 0.367. The van der Waals surface area contributed by atoms with Gasteiger partial charge in [-0.25, -0.2) is 0 Å². The van der Waals surface area contributed by atoms with Crippen LogP contribution in [0.5, 0.6) is 0 Å². The van der Waals surface area contributed by atoms with E-state index in [9.17, 15) is 14.9 Å². The third kappa shape index (κ3) is 3.61. The fraction of sp³-hybridized carbons (Fsp3) is 0.562. The Balaban J connectivity index is 1.55. The minimum atomic E-state index is -0.686. The molecular weight excluding hydrogens is 298 g/mol. The van der Waals surface area contributed by atoms with Crippen molar-refractivity contribution >= 4 is 11.6 Å². The summed E-state index contributed by atoms with van der Waals surface area (Å²) in [6.45, 7) is 3.75. The van der Waals surface area contributed by atoms with Gasteiger partial charge < -0.3 is 14.5 Å². The van der Waals surface area contributed by atoms with Gasteiger partial charge in [0.25, 0.3) is 0 Å². The lowest BCUT2D eigenvalue weighted by atomic mass is 10.1. The van der Waals surface area contributed by atoms with Crippen LogP contribution in [0.25, 0.3) is 0 Å². The summed E-state index contributed by atoms with van der Waals surface area (Å²) in [5.41, 5.74) is 2.18. The molecular formula is C16H21N3O4. The number of benzene rings is 1. The van der Waals surface area contributed by atoms with Gasteiger partial charge in [-0.3, -0.25) is 14.9 Å². The van der Waals surface area contributed by atoms with E-state index >= 15 is 0 Å². The first-order valence-corrected chi connectivity index (χ1v) is 7.86. The van der Waals surface area contributed by atoms with Gasteiger partial charge in [-0.05, 0) is 17.7 Å². The number of ether oxygens (including phenoxy) is 1. The molecule has 2 atom stereocenters. The highest BCUT2D eigenvalue weighted by Gasteiger charge is 2.54. The topological polar surface area (TPSA) is 75.9 Å². The van der Waals surface area contributed by atoms with Crippen molar-refractivity contribution < 1.29 is 14.5 Å². The highest BCUT2D eigenvalue weighted by atomic mass is 16.6.